The highest BCUT2D eigenvalue weighted by atomic mass is 16.1. The van der Waals surface area contributed by atoms with Gasteiger partial charge in [-0.15, -0.1) is 0 Å². The smallest absolute Gasteiger partial charge is 0.243 e. The van der Waals surface area contributed by atoms with Crippen molar-refractivity contribution in [3.05, 3.63) is 12.7 Å². The monoisotopic (exact) mass is 181 g/mol. The lowest BCUT2D eigenvalue weighted by atomic mass is 9.94. The molecular weight excluding hydrogens is 162 g/mol. The molecule has 0 aromatic carbocycles. The molecule has 1 aliphatic carbocycles. The number of carbonyl (C=O) groups excluding carboxylic acids is 1. The molecule has 2 nitrogen and oxygen atoms in total. The Morgan fingerprint density at radius 2 is 2.23 bits per heavy atom. The van der Waals surface area contributed by atoms with Crippen molar-refractivity contribution in [1.82, 2.24) is 5.32 Å². The lowest BCUT2D eigenvalue weighted by molar-refractivity contribution is -0.117. The summed E-state index contributed by atoms with van der Waals surface area (Å²) in [4.78, 5) is 11.0. The molecule has 0 bridgehead atoms. The minimum atomic E-state index is -0.0330. The van der Waals surface area contributed by atoms with E-state index in [4.69, 9.17) is 0 Å². The van der Waals surface area contributed by atoms with Crippen LogP contribution in [0.4, 0.5) is 0 Å². The summed E-state index contributed by atoms with van der Waals surface area (Å²) in [6.07, 6.45) is 4.86. The molecule has 1 fully saturated rings. The van der Waals surface area contributed by atoms with Crippen molar-refractivity contribution < 1.29 is 4.79 Å². The van der Waals surface area contributed by atoms with E-state index in [-0.39, 0.29) is 5.91 Å². The predicted octanol–water partition coefficient (Wildman–Crippen LogP) is 2.11. The van der Waals surface area contributed by atoms with Gasteiger partial charge in [-0.3, -0.25) is 4.79 Å². The minimum absolute atomic E-state index is 0.0330. The van der Waals surface area contributed by atoms with Crippen LogP contribution in [0.5, 0.6) is 0 Å². The van der Waals surface area contributed by atoms with E-state index in [1.807, 2.05) is 0 Å². The summed E-state index contributed by atoms with van der Waals surface area (Å²) in [5.74, 6) is 1.50. The molecule has 1 saturated carbocycles. The number of hydrogen-bond donors (Lipinski definition) is 1. The normalized spacial score (nSPS) is 27.6. The highest BCUT2D eigenvalue weighted by Crippen LogP contribution is 2.31. The SMILES string of the molecule is C=CC(=O)N[C@@H]1CC[C@H](C(C)C)C1. The first-order valence-corrected chi connectivity index (χ1v) is 5.06. The van der Waals surface area contributed by atoms with E-state index < -0.39 is 0 Å². The first kappa shape index (κ1) is 10.3. The molecule has 1 rings (SSSR count). The fraction of sp³-hybridized carbons (Fsp3) is 0.727. The molecule has 0 heterocycles. The molecule has 1 aliphatic rings. The quantitative estimate of drug-likeness (QED) is 0.664. The van der Waals surface area contributed by atoms with Gasteiger partial charge < -0.3 is 5.32 Å². The molecule has 0 unspecified atom stereocenters. The number of nitrogens with one attached hydrogen (secondary N) is 1. The summed E-state index contributed by atoms with van der Waals surface area (Å²) in [6, 6.07) is 0.387. The van der Waals surface area contributed by atoms with Crippen molar-refractivity contribution in [2.75, 3.05) is 0 Å². The fourth-order valence-corrected chi connectivity index (χ4v) is 2.01. The van der Waals surface area contributed by atoms with Gasteiger partial charge in [0.1, 0.15) is 0 Å². The zero-order chi connectivity index (χ0) is 9.84. The van der Waals surface area contributed by atoms with Gasteiger partial charge >= 0.3 is 0 Å². The highest BCUT2D eigenvalue weighted by molar-refractivity contribution is 5.87. The topological polar surface area (TPSA) is 29.1 Å². The van der Waals surface area contributed by atoms with Gasteiger partial charge in [-0.2, -0.15) is 0 Å². The van der Waals surface area contributed by atoms with E-state index in [1.54, 1.807) is 0 Å². The van der Waals surface area contributed by atoms with Crippen molar-refractivity contribution >= 4 is 5.91 Å². The van der Waals surface area contributed by atoms with Gasteiger partial charge in [0, 0.05) is 6.04 Å². The summed E-state index contributed by atoms with van der Waals surface area (Å²) in [7, 11) is 0. The Hall–Kier alpha value is -0.790. The first-order valence-electron chi connectivity index (χ1n) is 5.06. The molecule has 0 aromatic rings. The Balaban J connectivity index is 2.33. The number of amides is 1. The lowest BCUT2D eigenvalue weighted by Crippen LogP contribution is -2.31. The van der Waals surface area contributed by atoms with Gasteiger partial charge in [0.2, 0.25) is 5.91 Å². The molecule has 13 heavy (non-hydrogen) atoms. The Kier molecular flexibility index (Phi) is 3.52. The van der Waals surface area contributed by atoms with E-state index in [1.165, 1.54) is 12.5 Å². The van der Waals surface area contributed by atoms with E-state index in [9.17, 15) is 4.79 Å². The molecule has 1 amide bonds. The van der Waals surface area contributed by atoms with Crippen molar-refractivity contribution in [3.8, 4) is 0 Å². The Bertz CT molecular complexity index is 198. The van der Waals surface area contributed by atoms with Gasteiger partial charge in [-0.25, -0.2) is 0 Å². The van der Waals surface area contributed by atoms with Gasteiger partial charge in [0.15, 0.2) is 0 Å². The second-order valence-electron chi connectivity index (χ2n) is 4.23. The van der Waals surface area contributed by atoms with E-state index in [0.717, 1.165) is 24.7 Å². The van der Waals surface area contributed by atoms with Crippen LogP contribution in [0.1, 0.15) is 33.1 Å². The van der Waals surface area contributed by atoms with E-state index in [2.05, 4.69) is 25.7 Å². The molecule has 0 radical (unpaired) electrons. The summed E-state index contributed by atoms with van der Waals surface area (Å²) < 4.78 is 0. The van der Waals surface area contributed by atoms with Crippen LogP contribution in [0.25, 0.3) is 0 Å². The summed E-state index contributed by atoms with van der Waals surface area (Å²) >= 11 is 0. The fourth-order valence-electron chi connectivity index (χ4n) is 2.01. The molecule has 0 aliphatic heterocycles. The number of hydrogen-bond acceptors (Lipinski definition) is 1. The van der Waals surface area contributed by atoms with Crippen LogP contribution in [-0.2, 0) is 4.79 Å². The number of carbonyl (C=O) groups is 1. The van der Waals surface area contributed by atoms with Crippen LogP contribution in [0.15, 0.2) is 12.7 Å². The van der Waals surface area contributed by atoms with Crippen molar-refractivity contribution in [2.45, 2.75) is 39.2 Å². The highest BCUT2D eigenvalue weighted by Gasteiger charge is 2.26. The molecule has 1 N–H and O–H groups in total. The largest absolute Gasteiger partial charge is 0.350 e. The molecule has 2 atom stereocenters. The average Bonchev–Trinajstić information content (AvgIpc) is 2.52. The molecule has 74 valence electrons. The third-order valence-electron chi connectivity index (χ3n) is 2.95. The van der Waals surface area contributed by atoms with Crippen LogP contribution in [-0.4, -0.2) is 11.9 Å². The summed E-state index contributed by atoms with van der Waals surface area (Å²) in [5.41, 5.74) is 0. The number of rotatable bonds is 3. The second-order valence-corrected chi connectivity index (χ2v) is 4.23. The Labute approximate surface area is 80.4 Å². The maximum absolute atomic E-state index is 11.0. The zero-order valence-electron chi connectivity index (χ0n) is 8.55. The predicted molar refractivity (Wildman–Crippen MR) is 54.3 cm³/mol. The maximum atomic E-state index is 11.0. The Morgan fingerprint density at radius 1 is 1.54 bits per heavy atom. The molecule has 0 aromatic heterocycles. The molecule has 0 spiro atoms. The summed E-state index contributed by atoms with van der Waals surface area (Å²) in [5, 5.41) is 2.96. The van der Waals surface area contributed by atoms with Gasteiger partial charge in [0.25, 0.3) is 0 Å². The molecule has 0 saturated heterocycles. The molecular formula is C11H19NO. The Morgan fingerprint density at radius 3 is 2.69 bits per heavy atom. The summed E-state index contributed by atoms with van der Waals surface area (Å²) in [6.45, 7) is 7.95. The van der Waals surface area contributed by atoms with Gasteiger partial charge in [-0.05, 0) is 37.2 Å². The average molecular weight is 181 g/mol. The van der Waals surface area contributed by atoms with E-state index in [0.29, 0.717) is 6.04 Å². The van der Waals surface area contributed by atoms with E-state index >= 15 is 0 Å². The standard InChI is InChI=1S/C11H19NO/c1-4-11(13)12-10-6-5-9(7-10)8(2)3/h4,8-10H,1,5-7H2,2-3H3,(H,12,13)/t9-,10+/m0/s1. The van der Waals surface area contributed by atoms with Gasteiger partial charge in [-0.1, -0.05) is 20.4 Å². The molecule has 2 heteroatoms. The lowest BCUT2D eigenvalue weighted by Gasteiger charge is -2.14. The second kappa shape index (κ2) is 4.45. The van der Waals surface area contributed by atoms with Crippen LogP contribution in [0.2, 0.25) is 0 Å². The van der Waals surface area contributed by atoms with Crippen LogP contribution in [0, 0.1) is 11.8 Å². The van der Waals surface area contributed by atoms with Gasteiger partial charge in [0.05, 0.1) is 0 Å². The third kappa shape index (κ3) is 2.87. The third-order valence-corrected chi connectivity index (χ3v) is 2.95. The maximum Gasteiger partial charge on any atom is 0.243 e. The minimum Gasteiger partial charge on any atom is -0.350 e. The first-order chi connectivity index (χ1) is 6.13. The zero-order valence-corrected chi connectivity index (χ0v) is 8.55. The van der Waals surface area contributed by atoms with Crippen molar-refractivity contribution in [1.29, 1.82) is 0 Å². The van der Waals surface area contributed by atoms with Crippen LogP contribution < -0.4 is 5.32 Å². The van der Waals surface area contributed by atoms with Crippen molar-refractivity contribution in [3.63, 3.8) is 0 Å². The van der Waals surface area contributed by atoms with Crippen molar-refractivity contribution in [2.24, 2.45) is 11.8 Å². The van der Waals surface area contributed by atoms with Crippen LogP contribution >= 0.6 is 0 Å². The van der Waals surface area contributed by atoms with Crippen LogP contribution in [0.3, 0.4) is 0 Å².